The first-order valence-electron chi connectivity index (χ1n) is 10.4. The number of nitrogens with zero attached hydrogens (tertiary/aromatic N) is 2. The highest BCUT2D eigenvalue weighted by Crippen LogP contribution is 2.24. The Kier molecular flexibility index (Phi) is 5.97. The zero-order valence-corrected chi connectivity index (χ0v) is 18.2. The Bertz CT molecular complexity index is 1270. The van der Waals surface area contributed by atoms with E-state index in [4.69, 9.17) is 4.42 Å². The minimum absolute atomic E-state index is 0.0900. The van der Waals surface area contributed by atoms with E-state index in [1.165, 1.54) is 27.1 Å². The van der Waals surface area contributed by atoms with E-state index in [9.17, 15) is 18.0 Å². The van der Waals surface area contributed by atoms with Gasteiger partial charge in [0.15, 0.2) is 5.58 Å². The average molecular weight is 444 g/mol. The third-order valence-corrected chi connectivity index (χ3v) is 7.46. The molecule has 1 fully saturated rings. The first-order chi connectivity index (χ1) is 14.9. The number of oxazole rings is 1. The van der Waals surface area contributed by atoms with E-state index < -0.39 is 15.8 Å². The molecule has 0 saturated carbocycles. The van der Waals surface area contributed by atoms with Crippen LogP contribution in [0.2, 0.25) is 0 Å². The molecule has 1 aliphatic rings. The number of carbonyl (C=O) groups excluding carboxylic acids is 1. The maximum Gasteiger partial charge on any atom is 0.420 e. The molecule has 2 heterocycles. The molecule has 1 N–H and O–H groups in total. The van der Waals surface area contributed by atoms with E-state index in [2.05, 4.69) is 5.32 Å². The number of carbonyl (C=O) groups is 1. The van der Waals surface area contributed by atoms with Crippen molar-refractivity contribution in [2.75, 3.05) is 18.4 Å². The molecule has 1 amide bonds. The van der Waals surface area contributed by atoms with Crippen LogP contribution in [0.25, 0.3) is 11.1 Å². The zero-order chi connectivity index (χ0) is 22.0. The van der Waals surface area contributed by atoms with Crippen molar-refractivity contribution in [2.45, 2.75) is 44.0 Å². The van der Waals surface area contributed by atoms with Crippen molar-refractivity contribution in [3.8, 4) is 0 Å². The van der Waals surface area contributed by atoms with Crippen molar-refractivity contribution >= 4 is 32.7 Å². The summed E-state index contributed by atoms with van der Waals surface area (Å²) in [5.41, 5.74) is 2.09. The Morgan fingerprint density at radius 3 is 2.48 bits per heavy atom. The summed E-state index contributed by atoms with van der Waals surface area (Å²) in [5.74, 6) is -1.08. The topological polar surface area (TPSA) is 102 Å². The van der Waals surface area contributed by atoms with Gasteiger partial charge in [0.1, 0.15) is 6.54 Å². The second kappa shape index (κ2) is 8.68. The smallest absolute Gasteiger partial charge is 0.408 e. The monoisotopic (exact) mass is 443 g/mol. The van der Waals surface area contributed by atoms with Crippen molar-refractivity contribution in [2.24, 2.45) is 0 Å². The molecule has 164 valence electrons. The number of nitrogens with one attached hydrogen (secondary N) is 1. The van der Waals surface area contributed by atoms with Crippen LogP contribution in [-0.2, 0) is 21.4 Å². The SMILES string of the molecule is Cc1ccccc1NC(=O)Cn1c(=O)oc2cc(S(=O)(=O)N3CCCCCC3)ccc21. The lowest BCUT2D eigenvalue weighted by atomic mass is 10.2. The van der Waals surface area contributed by atoms with Crippen LogP contribution in [0.1, 0.15) is 31.2 Å². The van der Waals surface area contributed by atoms with Gasteiger partial charge in [-0.1, -0.05) is 31.0 Å². The molecule has 1 aliphatic heterocycles. The van der Waals surface area contributed by atoms with Gasteiger partial charge < -0.3 is 9.73 Å². The van der Waals surface area contributed by atoms with Crippen LogP contribution in [-0.4, -0.2) is 36.3 Å². The normalized spacial score (nSPS) is 15.6. The minimum atomic E-state index is -3.67. The number of aryl methyl sites for hydroxylation is 1. The number of anilines is 1. The van der Waals surface area contributed by atoms with Crippen molar-refractivity contribution in [1.29, 1.82) is 0 Å². The molecule has 0 unspecified atom stereocenters. The second-order valence-electron chi connectivity index (χ2n) is 7.77. The Morgan fingerprint density at radius 1 is 1.06 bits per heavy atom. The maximum absolute atomic E-state index is 13.0. The molecule has 0 bridgehead atoms. The van der Waals surface area contributed by atoms with Crippen LogP contribution in [0, 0.1) is 6.92 Å². The van der Waals surface area contributed by atoms with Gasteiger partial charge in [0.05, 0.1) is 10.4 Å². The zero-order valence-electron chi connectivity index (χ0n) is 17.3. The van der Waals surface area contributed by atoms with Crippen molar-refractivity contribution < 1.29 is 17.6 Å². The van der Waals surface area contributed by atoms with Crippen molar-refractivity contribution in [3.63, 3.8) is 0 Å². The largest absolute Gasteiger partial charge is 0.420 e. The molecule has 4 rings (SSSR count). The van der Waals surface area contributed by atoms with Gasteiger partial charge in [-0.25, -0.2) is 13.2 Å². The van der Waals surface area contributed by atoms with Crippen LogP contribution < -0.4 is 11.1 Å². The summed E-state index contributed by atoms with van der Waals surface area (Å²) in [6, 6.07) is 11.7. The van der Waals surface area contributed by atoms with Gasteiger partial charge in [-0.3, -0.25) is 9.36 Å². The first-order valence-corrected chi connectivity index (χ1v) is 11.8. The summed E-state index contributed by atoms with van der Waals surface area (Å²) >= 11 is 0. The molecule has 0 aliphatic carbocycles. The fraction of sp³-hybridized carbons (Fsp3) is 0.364. The van der Waals surface area contributed by atoms with Crippen LogP contribution in [0.5, 0.6) is 0 Å². The van der Waals surface area contributed by atoms with E-state index in [1.807, 2.05) is 25.1 Å². The number of para-hydroxylation sites is 1. The first kappa shape index (κ1) is 21.3. The Balaban J connectivity index is 1.59. The molecule has 3 aromatic rings. The third kappa shape index (κ3) is 4.42. The van der Waals surface area contributed by atoms with Crippen LogP contribution in [0.4, 0.5) is 5.69 Å². The third-order valence-electron chi connectivity index (χ3n) is 5.56. The molecule has 9 heteroatoms. The van der Waals surface area contributed by atoms with E-state index in [0.29, 0.717) is 24.3 Å². The number of fused-ring (bicyclic) bond motifs is 1. The van der Waals surface area contributed by atoms with E-state index in [-0.39, 0.29) is 22.9 Å². The Hall–Kier alpha value is -2.91. The predicted molar refractivity (Wildman–Crippen MR) is 118 cm³/mol. The summed E-state index contributed by atoms with van der Waals surface area (Å²) in [7, 11) is -3.67. The fourth-order valence-corrected chi connectivity index (χ4v) is 5.37. The lowest BCUT2D eigenvalue weighted by molar-refractivity contribution is -0.116. The second-order valence-corrected chi connectivity index (χ2v) is 9.70. The number of amides is 1. The highest BCUT2D eigenvalue weighted by atomic mass is 32.2. The Morgan fingerprint density at radius 2 is 1.77 bits per heavy atom. The molecule has 8 nitrogen and oxygen atoms in total. The molecule has 1 aromatic heterocycles. The lowest BCUT2D eigenvalue weighted by Crippen LogP contribution is -2.31. The predicted octanol–water partition coefficient (Wildman–Crippen LogP) is 3.11. The Labute approximate surface area is 180 Å². The maximum atomic E-state index is 13.0. The number of hydrogen-bond donors (Lipinski definition) is 1. The standard InChI is InChI=1S/C22H25N3O5S/c1-16-8-4-5-9-18(16)23-21(26)15-25-19-11-10-17(14-20(19)30-22(25)27)31(28,29)24-12-6-2-3-7-13-24/h4-5,8-11,14H,2-3,6-7,12-13,15H2,1H3,(H,23,26). The molecule has 1 saturated heterocycles. The van der Waals surface area contributed by atoms with E-state index in [1.54, 1.807) is 6.07 Å². The van der Waals surface area contributed by atoms with Gasteiger partial charge in [-0.05, 0) is 43.5 Å². The molecular formula is C22H25N3O5S. The number of rotatable bonds is 5. The van der Waals surface area contributed by atoms with Crippen LogP contribution in [0.15, 0.2) is 56.6 Å². The van der Waals surface area contributed by atoms with Crippen LogP contribution >= 0.6 is 0 Å². The molecule has 0 spiro atoms. The molecule has 0 radical (unpaired) electrons. The lowest BCUT2D eigenvalue weighted by Gasteiger charge is -2.19. The number of aromatic nitrogens is 1. The molecule has 0 atom stereocenters. The molecule has 31 heavy (non-hydrogen) atoms. The average Bonchev–Trinajstić information content (AvgIpc) is 2.91. The van der Waals surface area contributed by atoms with Crippen LogP contribution in [0.3, 0.4) is 0 Å². The quantitative estimate of drug-likeness (QED) is 0.653. The summed E-state index contributed by atoms with van der Waals surface area (Å²) in [5, 5.41) is 2.78. The summed E-state index contributed by atoms with van der Waals surface area (Å²) in [6.45, 7) is 2.62. The van der Waals surface area contributed by atoms with Crippen molar-refractivity contribution in [1.82, 2.24) is 8.87 Å². The van der Waals surface area contributed by atoms with Gasteiger partial charge in [0.25, 0.3) is 0 Å². The van der Waals surface area contributed by atoms with E-state index >= 15 is 0 Å². The summed E-state index contributed by atoms with van der Waals surface area (Å²) in [4.78, 5) is 24.9. The van der Waals surface area contributed by atoms with Gasteiger partial charge in [-0.15, -0.1) is 0 Å². The van der Waals surface area contributed by atoms with Crippen molar-refractivity contribution in [3.05, 3.63) is 58.6 Å². The highest BCUT2D eigenvalue weighted by molar-refractivity contribution is 7.89. The highest BCUT2D eigenvalue weighted by Gasteiger charge is 2.26. The van der Waals surface area contributed by atoms with Gasteiger partial charge in [-0.2, -0.15) is 4.31 Å². The molecule has 2 aromatic carbocycles. The van der Waals surface area contributed by atoms with Gasteiger partial charge in [0, 0.05) is 24.8 Å². The summed E-state index contributed by atoms with van der Waals surface area (Å²) in [6.07, 6.45) is 3.71. The van der Waals surface area contributed by atoms with Gasteiger partial charge >= 0.3 is 5.76 Å². The van der Waals surface area contributed by atoms with Gasteiger partial charge in [0.2, 0.25) is 15.9 Å². The van der Waals surface area contributed by atoms with E-state index in [0.717, 1.165) is 31.2 Å². The minimum Gasteiger partial charge on any atom is -0.408 e. The summed E-state index contributed by atoms with van der Waals surface area (Å²) < 4.78 is 34.0. The fourth-order valence-electron chi connectivity index (χ4n) is 3.83. The number of hydrogen-bond acceptors (Lipinski definition) is 5. The number of benzene rings is 2. The molecular weight excluding hydrogens is 418 g/mol. The number of sulfonamides is 1.